The molecular formula is C9H14OS2. The lowest BCUT2D eigenvalue weighted by atomic mass is 10.1. The maximum absolute atomic E-state index is 11.4. The summed E-state index contributed by atoms with van der Waals surface area (Å²) >= 11 is 5.79. The quantitative estimate of drug-likeness (QED) is 0.547. The summed E-state index contributed by atoms with van der Waals surface area (Å²) in [4.78, 5) is 12.4. The molecule has 1 saturated heterocycles. The van der Waals surface area contributed by atoms with E-state index in [1.165, 1.54) is 11.8 Å². The Morgan fingerprint density at radius 2 is 2.42 bits per heavy atom. The van der Waals surface area contributed by atoms with Crippen molar-refractivity contribution in [2.24, 2.45) is 0 Å². The number of thiol groups is 1. The molecule has 0 N–H and O–H groups in total. The molecule has 1 atom stereocenters. The van der Waals surface area contributed by atoms with Crippen molar-refractivity contribution in [2.75, 3.05) is 0 Å². The third-order valence-corrected chi connectivity index (χ3v) is 3.40. The molecule has 0 aliphatic carbocycles. The van der Waals surface area contributed by atoms with E-state index >= 15 is 0 Å². The second-order valence-electron chi connectivity index (χ2n) is 3.10. The lowest BCUT2D eigenvalue weighted by molar-refractivity contribution is -0.107. The molecule has 1 aliphatic rings. The fraction of sp³-hybridized carbons (Fsp3) is 0.667. The van der Waals surface area contributed by atoms with Crippen molar-refractivity contribution < 1.29 is 4.79 Å². The Morgan fingerprint density at radius 1 is 1.75 bits per heavy atom. The van der Waals surface area contributed by atoms with Gasteiger partial charge in [-0.2, -0.15) is 0 Å². The predicted molar refractivity (Wildman–Crippen MR) is 57.6 cm³/mol. The van der Waals surface area contributed by atoms with E-state index in [0.29, 0.717) is 5.25 Å². The van der Waals surface area contributed by atoms with Crippen LogP contribution in [0.15, 0.2) is 10.5 Å². The molecule has 0 aromatic rings. The van der Waals surface area contributed by atoms with E-state index in [1.807, 2.05) is 0 Å². The van der Waals surface area contributed by atoms with Crippen molar-refractivity contribution in [1.29, 1.82) is 0 Å². The second-order valence-corrected chi connectivity index (χ2v) is 5.05. The molecule has 0 aromatic carbocycles. The molecule has 0 bridgehead atoms. The third kappa shape index (κ3) is 2.30. The van der Waals surface area contributed by atoms with Gasteiger partial charge in [-0.15, -0.1) is 12.6 Å². The summed E-state index contributed by atoms with van der Waals surface area (Å²) in [6, 6.07) is 0. The number of hydrogen-bond donors (Lipinski definition) is 1. The highest BCUT2D eigenvalue weighted by Gasteiger charge is 2.26. The van der Waals surface area contributed by atoms with Gasteiger partial charge in [0.25, 0.3) is 0 Å². The van der Waals surface area contributed by atoms with E-state index < -0.39 is 0 Å². The van der Waals surface area contributed by atoms with Crippen molar-refractivity contribution in [3.63, 3.8) is 0 Å². The van der Waals surface area contributed by atoms with Gasteiger partial charge in [0.05, 0.1) is 0 Å². The molecule has 68 valence electrons. The van der Waals surface area contributed by atoms with Crippen molar-refractivity contribution in [3.05, 3.63) is 10.5 Å². The standard InChI is InChI=1S/C9H14OS2/c1-3-4-8(11)7-5-6(2)12-9(7)10/h6,11H,3-5H2,1-2H3/b8-7-. The van der Waals surface area contributed by atoms with Gasteiger partial charge >= 0.3 is 0 Å². The average Bonchev–Trinajstić information content (AvgIpc) is 2.30. The number of hydrogen-bond acceptors (Lipinski definition) is 3. The molecule has 1 heterocycles. The second kappa shape index (κ2) is 4.38. The van der Waals surface area contributed by atoms with E-state index in [4.69, 9.17) is 0 Å². The zero-order valence-corrected chi connectivity index (χ0v) is 9.17. The largest absolute Gasteiger partial charge is 0.282 e. The Labute approximate surface area is 83.4 Å². The number of rotatable bonds is 2. The smallest absolute Gasteiger partial charge is 0.216 e. The molecule has 0 saturated carbocycles. The molecule has 1 unspecified atom stereocenters. The lowest BCUT2D eigenvalue weighted by Crippen LogP contribution is -1.91. The van der Waals surface area contributed by atoms with Crippen molar-refractivity contribution in [2.45, 2.75) is 38.4 Å². The van der Waals surface area contributed by atoms with E-state index in [9.17, 15) is 4.79 Å². The lowest BCUT2D eigenvalue weighted by Gasteiger charge is -2.00. The molecule has 1 fully saturated rings. The fourth-order valence-corrected chi connectivity index (χ4v) is 2.75. The van der Waals surface area contributed by atoms with Gasteiger partial charge < -0.3 is 0 Å². The maximum Gasteiger partial charge on any atom is 0.216 e. The van der Waals surface area contributed by atoms with Crippen LogP contribution in [0.1, 0.15) is 33.1 Å². The number of allylic oxidation sites excluding steroid dienone is 1. The van der Waals surface area contributed by atoms with Crippen LogP contribution in [0.25, 0.3) is 0 Å². The van der Waals surface area contributed by atoms with Gasteiger partial charge in [0.2, 0.25) is 5.12 Å². The molecule has 0 aromatic heterocycles. The van der Waals surface area contributed by atoms with Crippen LogP contribution < -0.4 is 0 Å². The Kier molecular flexibility index (Phi) is 3.72. The Morgan fingerprint density at radius 3 is 2.83 bits per heavy atom. The van der Waals surface area contributed by atoms with Crippen LogP contribution in [0.5, 0.6) is 0 Å². The zero-order chi connectivity index (χ0) is 9.14. The molecule has 12 heavy (non-hydrogen) atoms. The summed E-state index contributed by atoms with van der Waals surface area (Å²) in [6.07, 6.45) is 2.91. The summed E-state index contributed by atoms with van der Waals surface area (Å²) in [5.41, 5.74) is 0.956. The third-order valence-electron chi connectivity index (χ3n) is 1.88. The monoisotopic (exact) mass is 202 g/mol. The van der Waals surface area contributed by atoms with E-state index in [1.54, 1.807) is 0 Å². The molecule has 0 radical (unpaired) electrons. The molecule has 3 heteroatoms. The van der Waals surface area contributed by atoms with Gasteiger partial charge in [0.15, 0.2) is 0 Å². The first-order valence-corrected chi connectivity index (χ1v) is 5.59. The van der Waals surface area contributed by atoms with Crippen LogP contribution >= 0.6 is 24.4 Å². The number of carbonyl (C=O) groups is 1. The van der Waals surface area contributed by atoms with E-state index in [-0.39, 0.29) is 5.12 Å². The van der Waals surface area contributed by atoms with Crippen LogP contribution in [-0.4, -0.2) is 10.4 Å². The van der Waals surface area contributed by atoms with Gasteiger partial charge in [-0.05, 0) is 17.7 Å². The SMILES string of the molecule is CCC/C(S)=C1\CC(C)SC1=O. The number of carbonyl (C=O) groups excluding carboxylic acids is 1. The molecule has 1 aliphatic heterocycles. The highest BCUT2D eigenvalue weighted by atomic mass is 32.2. The van der Waals surface area contributed by atoms with Crippen LogP contribution in [0.3, 0.4) is 0 Å². The molecular weight excluding hydrogens is 188 g/mol. The van der Waals surface area contributed by atoms with Crippen LogP contribution in [0.2, 0.25) is 0 Å². The summed E-state index contributed by atoms with van der Waals surface area (Å²) < 4.78 is 0. The van der Waals surface area contributed by atoms with Gasteiger partial charge in [-0.25, -0.2) is 0 Å². The van der Waals surface area contributed by atoms with Crippen molar-refractivity contribution >= 4 is 29.5 Å². The fourth-order valence-electron chi connectivity index (χ4n) is 1.29. The molecule has 1 rings (SSSR count). The Hall–Kier alpha value is 0.110. The Balaban J connectivity index is 2.73. The minimum absolute atomic E-state index is 0.237. The minimum atomic E-state index is 0.237. The van der Waals surface area contributed by atoms with Gasteiger partial charge in [-0.1, -0.05) is 32.0 Å². The summed E-state index contributed by atoms with van der Waals surface area (Å²) in [5, 5.41) is 0.687. The summed E-state index contributed by atoms with van der Waals surface area (Å²) in [6.45, 7) is 4.19. The van der Waals surface area contributed by atoms with Crippen molar-refractivity contribution in [1.82, 2.24) is 0 Å². The minimum Gasteiger partial charge on any atom is -0.282 e. The highest BCUT2D eigenvalue weighted by Crippen LogP contribution is 2.35. The highest BCUT2D eigenvalue weighted by molar-refractivity contribution is 8.15. The molecule has 0 spiro atoms. The first kappa shape index (κ1) is 10.2. The van der Waals surface area contributed by atoms with Gasteiger partial charge in [0, 0.05) is 10.8 Å². The normalized spacial score (nSPS) is 27.9. The topological polar surface area (TPSA) is 17.1 Å². The predicted octanol–water partition coefficient (Wildman–Crippen LogP) is 3.02. The van der Waals surface area contributed by atoms with E-state index in [0.717, 1.165) is 29.7 Å². The van der Waals surface area contributed by atoms with Gasteiger partial charge in [-0.3, -0.25) is 4.79 Å². The van der Waals surface area contributed by atoms with Crippen molar-refractivity contribution in [3.8, 4) is 0 Å². The summed E-state index contributed by atoms with van der Waals surface area (Å²) in [5.74, 6) is 0. The average molecular weight is 202 g/mol. The molecule has 0 amide bonds. The van der Waals surface area contributed by atoms with Crippen LogP contribution in [-0.2, 0) is 4.79 Å². The first-order chi connectivity index (χ1) is 5.65. The maximum atomic E-state index is 11.4. The summed E-state index contributed by atoms with van der Waals surface area (Å²) in [7, 11) is 0. The Bertz CT molecular complexity index is 221. The van der Waals surface area contributed by atoms with Crippen LogP contribution in [0.4, 0.5) is 0 Å². The first-order valence-electron chi connectivity index (χ1n) is 4.27. The van der Waals surface area contributed by atoms with Crippen LogP contribution in [0, 0.1) is 0 Å². The van der Waals surface area contributed by atoms with Gasteiger partial charge in [0.1, 0.15) is 0 Å². The molecule has 1 nitrogen and oxygen atoms in total. The van der Waals surface area contributed by atoms with E-state index in [2.05, 4.69) is 26.5 Å². The number of thioether (sulfide) groups is 1. The zero-order valence-electron chi connectivity index (χ0n) is 7.46.